The van der Waals surface area contributed by atoms with Gasteiger partial charge in [0.1, 0.15) is 5.69 Å². The molecule has 146 valence electrons. The molecule has 0 bridgehead atoms. The van der Waals surface area contributed by atoms with E-state index in [1.54, 1.807) is 19.1 Å². The number of rotatable bonds is 4. The number of aryl methyl sites for hydroxylation is 1. The molecule has 28 heavy (non-hydrogen) atoms. The molecule has 3 nitrogen and oxygen atoms in total. The minimum absolute atomic E-state index is 0.182. The summed E-state index contributed by atoms with van der Waals surface area (Å²) >= 11 is 1.96. The quantitative estimate of drug-likeness (QED) is 0.516. The van der Waals surface area contributed by atoms with Gasteiger partial charge in [-0.05, 0) is 72.2 Å². The maximum Gasteiger partial charge on any atom is 0.339 e. The average Bonchev–Trinajstić information content (AvgIpc) is 2.67. The number of pyridine rings is 1. The second-order valence-corrected chi connectivity index (χ2v) is 8.78. The first-order chi connectivity index (χ1) is 13.4. The fraction of sp³-hybridized carbons (Fsp3) is 0.417. The van der Waals surface area contributed by atoms with Crippen molar-refractivity contribution in [3.05, 3.63) is 58.4 Å². The summed E-state index contributed by atoms with van der Waals surface area (Å²) in [6, 6.07) is 8.11. The first kappa shape index (κ1) is 20.5. The maximum atomic E-state index is 11.7. The van der Waals surface area contributed by atoms with E-state index in [9.17, 15) is 4.79 Å². The van der Waals surface area contributed by atoms with E-state index < -0.39 is 0 Å². The normalized spacial score (nSPS) is 14.6. The highest BCUT2D eigenvalue weighted by Crippen LogP contribution is 2.42. The van der Waals surface area contributed by atoms with Gasteiger partial charge >= 0.3 is 5.97 Å². The largest absolute Gasteiger partial charge is 0.462 e. The average molecular weight is 394 g/mol. The van der Waals surface area contributed by atoms with Crippen molar-refractivity contribution in [1.82, 2.24) is 4.98 Å². The number of benzene rings is 1. The van der Waals surface area contributed by atoms with Crippen LogP contribution in [0.4, 0.5) is 0 Å². The highest BCUT2D eigenvalue weighted by molar-refractivity contribution is 7.99. The van der Waals surface area contributed by atoms with Crippen LogP contribution in [-0.2, 0) is 16.6 Å². The van der Waals surface area contributed by atoms with Gasteiger partial charge in [-0.3, -0.25) is 0 Å². The highest BCUT2D eigenvalue weighted by atomic mass is 32.2. The predicted molar refractivity (Wildman–Crippen MR) is 115 cm³/mol. The van der Waals surface area contributed by atoms with Gasteiger partial charge in [0.05, 0.1) is 12.2 Å². The first-order valence-electron chi connectivity index (χ1n) is 9.90. The van der Waals surface area contributed by atoms with Crippen LogP contribution in [0, 0.1) is 11.8 Å². The lowest BCUT2D eigenvalue weighted by Gasteiger charge is -2.32. The molecular formula is C24H27NO2S. The van der Waals surface area contributed by atoms with E-state index in [0.717, 1.165) is 18.4 Å². The van der Waals surface area contributed by atoms with Gasteiger partial charge in [-0.1, -0.05) is 33.1 Å². The summed E-state index contributed by atoms with van der Waals surface area (Å²) in [5.41, 5.74) is 5.09. The minimum atomic E-state index is -0.353. The maximum absolute atomic E-state index is 11.7. The number of carbonyl (C=O) groups is 1. The summed E-state index contributed by atoms with van der Waals surface area (Å²) in [6.07, 6.45) is 4.82. The summed E-state index contributed by atoms with van der Waals surface area (Å²) < 4.78 is 5.00. The molecule has 1 aromatic heterocycles. The van der Waals surface area contributed by atoms with Crippen molar-refractivity contribution >= 4 is 17.7 Å². The third kappa shape index (κ3) is 4.59. The van der Waals surface area contributed by atoms with Gasteiger partial charge in [0, 0.05) is 16.7 Å². The van der Waals surface area contributed by atoms with Gasteiger partial charge in [-0.25, -0.2) is 9.78 Å². The number of aromatic nitrogens is 1. The fourth-order valence-electron chi connectivity index (χ4n) is 3.35. The van der Waals surface area contributed by atoms with Crippen molar-refractivity contribution in [2.75, 3.05) is 12.4 Å². The zero-order valence-electron chi connectivity index (χ0n) is 17.1. The number of hydrogen-bond donors (Lipinski definition) is 0. The Bertz CT molecular complexity index is 920. The lowest BCUT2D eigenvalue weighted by atomic mass is 9.80. The lowest BCUT2D eigenvalue weighted by molar-refractivity contribution is 0.0526. The van der Waals surface area contributed by atoms with E-state index >= 15 is 0 Å². The molecule has 0 aliphatic carbocycles. The van der Waals surface area contributed by atoms with Crippen molar-refractivity contribution in [2.45, 2.75) is 57.3 Å². The number of hydrogen-bond acceptors (Lipinski definition) is 4. The highest BCUT2D eigenvalue weighted by Gasteiger charge is 2.28. The Labute approximate surface area is 172 Å². The molecule has 4 heteroatoms. The lowest BCUT2D eigenvalue weighted by Crippen LogP contribution is -2.23. The molecule has 0 radical (unpaired) electrons. The van der Waals surface area contributed by atoms with Gasteiger partial charge in [-0.15, -0.1) is 11.8 Å². The van der Waals surface area contributed by atoms with E-state index in [4.69, 9.17) is 4.74 Å². The molecule has 1 aliphatic heterocycles. The van der Waals surface area contributed by atoms with Crippen molar-refractivity contribution < 1.29 is 9.53 Å². The van der Waals surface area contributed by atoms with Crippen LogP contribution in [0.3, 0.4) is 0 Å². The molecular weight excluding hydrogens is 366 g/mol. The molecule has 0 atom stereocenters. The standard InChI is InChI=1S/C24H27NO2S/c1-5-7-17-15-22-21(24(3,4)12-13-28-22)14-18(17)8-10-20-11-9-19(16-25-20)23(26)27-6-2/h9,11,14-16H,5-7,12-13H2,1-4H3. The van der Waals surface area contributed by atoms with Crippen LogP contribution in [0.25, 0.3) is 0 Å². The predicted octanol–water partition coefficient (Wildman–Crippen LogP) is 5.38. The van der Waals surface area contributed by atoms with Gasteiger partial charge in [0.2, 0.25) is 0 Å². The van der Waals surface area contributed by atoms with Crippen molar-refractivity contribution in [2.24, 2.45) is 0 Å². The smallest absolute Gasteiger partial charge is 0.339 e. The van der Waals surface area contributed by atoms with Crippen LogP contribution in [0.15, 0.2) is 35.4 Å². The Hall–Kier alpha value is -2.25. The van der Waals surface area contributed by atoms with Crippen LogP contribution in [0.1, 0.15) is 73.3 Å². The Kier molecular flexibility index (Phi) is 6.46. The van der Waals surface area contributed by atoms with E-state index in [1.807, 2.05) is 11.8 Å². The second-order valence-electron chi connectivity index (χ2n) is 7.64. The molecule has 0 saturated carbocycles. The molecule has 1 aliphatic rings. The van der Waals surface area contributed by atoms with Crippen LogP contribution >= 0.6 is 11.8 Å². The van der Waals surface area contributed by atoms with E-state index in [0.29, 0.717) is 17.9 Å². The number of ether oxygens (including phenoxy) is 1. The molecule has 2 heterocycles. The third-order valence-electron chi connectivity index (χ3n) is 5.04. The van der Waals surface area contributed by atoms with Crippen LogP contribution in [0.2, 0.25) is 0 Å². The molecule has 0 fully saturated rings. The van der Waals surface area contributed by atoms with Crippen LogP contribution < -0.4 is 0 Å². The minimum Gasteiger partial charge on any atom is -0.462 e. The number of fused-ring (bicyclic) bond motifs is 1. The van der Waals surface area contributed by atoms with Crippen LogP contribution in [-0.4, -0.2) is 23.3 Å². The van der Waals surface area contributed by atoms with Crippen molar-refractivity contribution in [1.29, 1.82) is 0 Å². The zero-order chi connectivity index (χ0) is 20.1. The summed E-state index contributed by atoms with van der Waals surface area (Å²) in [5.74, 6) is 7.33. The Morgan fingerprint density at radius 1 is 1.25 bits per heavy atom. The fourth-order valence-corrected chi connectivity index (χ4v) is 4.90. The molecule has 0 saturated heterocycles. The summed E-state index contributed by atoms with van der Waals surface area (Å²) in [7, 11) is 0. The third-order valence-corrected chi connectivity index (χ3v) is 6.10. The van der Waals surface area contributed by atoms with Gasteiger partial charge in [0.25, 0.3) is 0 Å². The SMILES string of the molecule is CCCc1cc2c(cc1C#Cc1ccc(C(=O)OCC)cn1)C(C)(C)CCS2. The van der Waals surface area contributed by atoms with Gasteiger partial charge in [0.15, 0.2) is 0 Å². The molecule has 3 rings (SSSR count). The second kappa shape index (κ2) is 8.84. The monoisotopic (exact) mass is 393 g/mol. The molecule has 0 unspecified atom stereocenters. The van der Waals surface area contributed by atoms with Gasteiger partial charge in [-0.2, -0.15) is 0 Å². The summed E-state index contributed by atoms with van der Waals surface area (Å²) in [6.45, 7) is 8.98. The van der Waals surface area contributed by atoms with Crippen molar-refractivity contribution in [3.8, 4) is 11.8 Å². The number of nitrogens with zero attached hydrogens (tertiary/aromatic N) is 1. The Morgan fingerprint density at radius 3 is 2.75 bits per heavy atom. The molecule has 0 N–H and O–H groups in total. The van der Waals surface area contributed by atoms with E-state index in [1.165, 1.54) is 34.4 Å². The molecule has 0 amide bonds. The number of thioether (sulfide) groups is 1. The Balaban J connectivity index is 1.93. The van der Waals surface area contributed by atoms with Crippen LogP contribution in [0.5, 0.6) is 0 Å². The van der Waals surface area contributed by atoms with Crippen molar-refractivity contribution in [3.63, 3.8) is 0 Å². The zero-order valence-corrected chi connectivity index (χ0v) is 17.9. The topological polar surface area (TPSA) is 39.2 Å². The van der Waals surface area contributed by atoms with Gasteiger partial charge < -0.3 is 4.74 Å². The summed E-state index contributed by atoms with van der Waals surface area (Å²) in [4.78, 5) is 17.5. The summed E-state index contributed by atoms with van der Waals surface area (Å²) in [5, 5.41) is 0. The van der Waals surface area contributed by atoms with E-state index in [2.05, 4.69) is 49.7 Å². The Morgan fingerprint density at radius 2 is 2.07 bits per heavy atom. The molecule has 2 aromatic rings. The molecule has 1 aromatic carbocycles. The number of carbonyl (C=O) groups excluding carboxylic acids is 1. The first-order valence-corrected chi connectivity index (χ1v) is 10.9. The van der Waals surface area contributed by atoms with E-state index in [-0.39, 0.29) is 11.4 Å². The number of esters is 1. The molecule has 0 spiro atoms.